The summed E-state index contributed by atoms with van der Waals surface area (Å²) in [5.74, 6) is -0.702. The quantitative estimate of drug-likeness (QED) is 0.504. The van der Waals surface area contributed by atoms with E-state index < -0.39 is 11.8 Å². The van der Waals surface area contributed by atoms with Crippen molar-refractivity contribution in [3.63, 3.8) is 0 Å². The molecule has 7 heteroatoms. The van der Waals surface area contributed by atoms with Gasteiger partial charge < -0.3 is 5.32 Å². The lowest BCUT2D eigenvalue weighted by molar-refractivity contribution is 0.0693. The number of fused-ring (bicyclic) bond motifs is 1. The maximum absolute atomic E-state index is 13.1. The number of carbonyl (C=O) groups excluding carboxylic acids is 3. The van der Waals surface area contributed by atoms with Crippen molar-refractivity contribution in [1.29, 1.82) is 0 Å². The van der Waals surface area contributed by atoms with Gasteiger partial charge in [0.2, 0.25) is 0 Å². The Morgan fingerprint density at radius 3 is 2.19 bits per heavy atom. The Labute approximate surface area is 183 Å². The van der Waals surface area contributed by atoms with Gasteiger partial charge >= 0.3 is 0 Å². The lowest BCUT2D eigenvalue weighted by Crippen LogP contribution is -2.24. The van der Waals surface area contributed by atoms with Crippen molar-refractivity contribution in [2.24, 2.45) is 0 Å². The first-order valence-electron chi connectivity index (χ1n) is 10.0. The molecule has 1 aliphatic rings. The predicted octanol–water partition coefficient (Wildman–Crippen LogP) is 4.02. The lowest BCUT2D eigenvalue weighted by Gasteiger charge is -2.09. The highest BCUT2D eigenvalue weighted by atomic mass is 16.2. The second-order valence-electron chi connectivity index (χ2n) is 7.41. The molecule has 0 aliphatic carbocycles. The Kier molecular flexibility index (Phi) is 4.63. The van der Waals surface area contributed by atoms with Crippen LogP contribution in [0.5, 0.6) is 0 Å². The van der Waals surface area contributed by atoms with Gasteiger partial charge in [-0.25, -0.2) is 4.68 Å². The van der Waals surface area contributed by atoms with Gasteiger partial charge in [-0.1, -0.05) is 48.5 Å². The second kappa shape index (κ2) is 7.63. The average molecular weight is 422 g/mol. The van der Waals surface area contributed by atoms with Gasteiger partial charge in [-0.15, -0.1) is 0 Å². The molecule has 0 saturated carbocycles. The first kappa shape index (κ1) is 19.4. The van der Waals surface area contributed by atoms with E-state index in [0.29, 0.717) is 17.1 Å². The van der Waals surface area contributed by atoms with Crippen molar-refractivity contribution in [3.05, 3.63) is 102 Å². The zero-order valence-electron chi connectivity index (χ0n) is 17.1. The van der Waals surface area contributed by atoms with Gasteiger partial charge in [-0.05, 0) is 30.3 Å². The monoisotopic (exact) mass is 422 g/mol. The minimum Gasteiger partial charge on any atom is -0.306 e. The fourth-order valence-electron chi connectivity index (χ4n) is 3.68. The van der Waals surface area contributed by atoms with E-state index in [1.54, 1.807) is 16.8 Å². The number of aromatic nitrogens is 2. The van der Waals surface area contributed by atoms with Crippen LogP contribution in [0.1, 0.15) is 31.1 Å². The molecule has 156 valence electrons. The van der Waals surface area contributed by atoms with E-state index in [0.717, 1.165) is 16.2 Å². The average Bonchev–Trinajstić information content (AvgIpc) is 3.35. The van der Waals surface area contributed by atoms with Crippen LogP contribution in [-0.4, -0.2) is 39.4 Å². The number of para-hydroxylation sites is 1. The molecular formula is C25H18N4O3. The highest BCUT2D eigenvalue weighted by molar-refractivity contribution is 6.22. The summed E-state index contributed by atoms with van der Waals surface area (Å²) in [7, 11) is 1.42. The van der Waals surface area contributed by atoms with Crippen LogP contribution < -0.4 is 5.32 Å². The highest BCUT2D eigenvalue weighted by Crippen LogP contribution is 2.26. The van der Waals surface area contributed by atoms with Crippen molar-refractivity contribution < 1.29 is 14.4 Å². The maximum Gasteiger partial charge on any atom is 0.261 e. The number of amides is 3. The van der Waals surface area contributed by atoms with Crippen LogP contribution in [0, 0.1) is 0 Å². The molecule has 32 heavy (non-hydrogen) atoms. The summed E-state index contributed by atoms with van der Waals surface area (Å²) >= 11 is 0. The van der Waals surface area contributed by atoms with Gasteiger partial charge in [0.05, 0.1) is 22.5 Å². The van der Waals surface area contributed by atoms with Gasteiger partial charge in [-0.2, -0.15) is 5.10 Å². The molecule has 0 fully saturated rings. The molecule has 3 aromatic carbocycles. The number of hydrogen-bond acceptors (Lipinski definition) is 4. The number of rotatable bonds is 4. The minimum atomic E-state index is -0.416. The third-order valence-electron chi connectivity index (χ3n) is 5.37. The smallest absolute Gasteiger partial charge is 0.261 e. The topological polar surface area (TPSA) is 84.3 Å². The van der Waals surface area contributed by atoms with Crippen LogP contribution in [0.4, 0.5) is 5.82 Å². The fourth-order valence-corrected chi connectivity index (χ4v) is 3.68. The molecule has 1 aliphatic heterocycles. The van der Waals surface area contributed by atoms with E-state index in [9.17, 15) is 14.4 Å². The van der Waals surface area contributed by atoms with Gasteiger partial charge in [0, 0.05) is 24.2 Å². The van der Waals surface area contributed by atoms with E-state index in [2.05, 4.69) is 10.4 Å². The molecule has 4 aromatic rings. The number of hydrogen-bond donors (Lipinski definition) is 1. The zero-order valence-corrected chi connectivity index (χ0v) is 17.1. The van der Waals surface area contributed by atoms with Crippen LogP contribution in [0.2, 0.25) is 0 Å². The molecule has 0 atom stereocenters. The first-order valence-corrected chi connectivity index (χ1v) is 10.0. The lowest BCUT2D eigenvalue weighted by atomic mass is 10.1. The highest BCUT2D eigenvalue weighted by Gasteiger charge is 2.33. The summed E-state index contributed by atoms with van der Waals surface area (Å²) in [6.45, 7) is 0. The molecule has 0 spiro atoms. The molecule has 3 amide bonds. The van der Waals surface area contributed by atoms with E-state index in [-0.39, 0.29) is 17.0 Å². The number of carbonyl (C=O) groups is 3. The molecule has 0 unspecified atom stereocenters. The van der Waals surface area contributed by atoms with Crippen molar-refractivity contribution >= 4 is 23.5 Å². The summed E-state index contributed by atoms with van der Waals surface area (Å²) in [6, 6.07) is 25.5. The normalized spacial score (nSPS) is 12.7. The molecule has 0 saturated heterocycles. The summed E-state index contributed by atoms with van der Waals surface area (Å²) in [4.78, 5) is 38.5. The Hall–Kier alpha value is -4.52. The predicted molar refractivity (Wildman–Crippen MR) is 120 cm³/mol. The number of nitrogens with one attached hydrogen (secondary N) is 1. The molecular weight excluding hydrogens is 404 g/mol. The Morgan fingerprint density at radius 1 is 0.812 bits per heavy atom. The van der Waals surface area contributed by atoms with Gasteiger partial charge in [0.25, 0.3) is 17.7 Å². The molecule has 0 bridgehead atoms. The van der Waals surface area contributed by atoms with Crippen LogP contribution in [0.3, 0.4) is 0 Å². The number of benzene rings is 3. The fraction of sp³-hybridized carbons (Fsp3) is 0.0400. The van der Waals surface area contributed by atoms with Crippen LogP contribution in [0.25, 0.3) is 16.9 Å². The third kappa shape index (κ3) is 3.26. The molecule has 1 N–H and O–H groups in total. The maximum atomic E-state index is 13.1. The third-order valence-corrected chi connectivity index (χ3v) is 5.37. The number of imide groups is 1. The first-order chi connectivity index (χ1) is 15.5. The van der Waals surface area contributed by atoms with E-state index in [4.69, 9.17) is 0 Å². The summed E-state index contributed by atoms with van der Waals surface area (Å²) < 4.78 is 1.66. The van der Waals surface area contributed by atoms with Crippen molar-refractivity contribution in [2.45, 2.75) is 0 Å². The molecule has 7 nitrogen and oxygen atoms in total. The van der Waals surface area contributed by atoms with E-state index >= 15 is 0 Å². The Bertz CT molecular complexity index is 1360. The number of anilines is 1. The number of nitrogens with zero attached hydrogens (tertiary/aromatic N) is 3. The van der Waals surface area contributed by atoms with Gasteiger partial charge in [0.15, 0.2) is 0 Å². The molecule has 2 heterocycles. The summed E-state index contributed by atoms with van der Waals surface area (Å²) in [5, 5.41) is 7.58. The van der Waals surface area contributed by atoms with Gasteiger partial charge in [-0.3, -0.25) is 19.3 Å². The van der Waals surface area contributed by atoms with Crippen LogP contribution in [-0.2, 0) is 0 Å². The second-order valence-corrected chi connectivity index (χ2v) is 7.41. The van der Waals surface area contributed by atoms with Crippen molar-refractivity contribution in [1.82, 2.24) is 14.7 Å². The van der Waals surface area contributed by atoms with Crippen LogP contribution in [0.15, 0.2) is 84.9 Å². The van der Waals surface area contributed by atoms with Gasteiger partial charge in [0.1, 0.15) is 5.82 Å². The molecule has 5 rings (SSSR count). The standard InChI is InChI=1S/C25H18N4O3/c1-28-24(31)19-13-12-17(14-20(19)25(28)32)23(30)26-22-15-21(16-8-4-2-5-9-16)27-29(22)18-10-6-3-7-11-18/h2-15H,1H3,(H,26,30). The van der Waals surface area contributed by atoms with E-state index in [1.807, 2.05) is 60.7 Å². The molecule has 0 radical (unpaired) electrons. The molecule has 1 aromatic heterocycles. The Morgan fingerprint density at radius 2 is 1.47 bits per heavy atom. The largest absolute Gasteiger partial charge is 0.306 e. The Balaban J connectivity index is 1.51. The zero-order chi connectivity index (χ0) is 22.2. The van der Waals surface area contributed by atoms with Crippen molar-refractivity contribution in [3.8, 4) is 16.9 Å². The summed E-state index contributed by atoms with van der Waals surface area (Å²) in [6.07, 6.45) is 0. The SMILES string of the molecule is CN1C(=O)c2ccc(C(=O)Nc3cc(-c4ccccc4)nn3-c3ccccc3)cc2C1=O. The summed E-state index contributed by atoms with van der Waals surface area (Å²) in [5.41, 5.74) is 3.23. The van der Waals surface area contributed by atoms with Crippen LogP contribution >= 0.6 is 0 Å². The van der Waals surface area contributed by atoms with Crippen molar-refractivity contribution in [2.75, 3.05) is 12.4 Å². The van der Waals surface area contributed by atoms with E-state index in [1.165, 1.54) is 19.2 Å². The minimum absolute atomic E-state index is 0.228.